The van der Waals surface area contributed by atoms with E-state index in [-0.39, 0.29) is 5.84 Å². The number of thioether (sulfide) groups is 1. The van der Waals surface area contributed by atoms with Crippen molar-refractivity contribution in [3.05, 3.63) is 29.3 Å². The number of nitrogens with one attached hydrogen (secondary N) is 1. The molecular formula is C14H23N3O2S. The second kappa shape index (κ2) is 8.71. The third-order valence-corrected chi connectivity index (χ3v) is 3.83. The molecule has 0 heterocycles. The molecule has 0 aliphatic heterocycles. The van der Waals surface area contributed by atoms with Crippen LogP contribution in [0.5, 0.6) is 5.75 Å². The van der Waals surface area contributed by atoms with Crippen LogP contribution >= 0.6 is 11.8 Å². The van der Waals surface area contributed by atoms with E-state index < -0.39 is 0 Å². The van der Waals surface area contributed by atoms with E-state index in [1.165, 1.54) is 0 Å². The molecule has 0 radical (unpaired) electrons. The molecule has 0 amide bonds. The van der Waals surface area contributed by atoms with Crippen molar-refractivity contribution >= 4 is 17.6 Å². The first-order chi connectivity index (χ1) is 9.62. The van der Waals surface area contributed by atoms with Gasteiger partial charge in [0, 0.05) is 6.54 Å². The summed E-state index contributed by atoms with van der Waals surface area (Å²) in [6, 6.07) is 5.65. The van der Waals surface area contributed by atoms with Gasteiger partial charge in [0.05, 0.1) is 12.7 Å². The molecule has 0 aromatic heterocycles. The van der Waals surface area contributed by atoms with Crippen LogP contribution in [0.2, 0.25) is 0 Å². The summed E-state index contributed by atoms with van der Waals surface area (Å²) >= 11 is 1.86. The minimum absolute atomic E-state index is 0.0509. The monoisotopic (exact) mass is 297 g/mol. The van der Waals surface area contributed by atoms with E-state index in [4.69, 9.17) is 15.7 Å². The molecule has 0 spiro atoms. The molecule has 112 valence electrons. The first-order valence-electron chi connectivity index (χ1n) is 6.46. The number of ether oxygens (including phenoxy) is 1. The standard InChI is InChI=1S/C14H23N3O2S/c1-10(9-20-3)7-16-8-11-4-5-12(14(15)17-18)13(6-11)19-2/h4-6,10,16,18H,7-9H2,1-3H3,(H2,15,17). The number of amidine groups is 1. The van der Waals surface area contributed by atoms with E-state index in [2.05, 4.69) is 23.7 Å². The second-order valence-electron chi connectivity index (χ2n) is 4.71. The number of nitrogens with zero attached hydrogens (tertiary/aromatic N) is 1. The number of rotatable bonds is 8. The van der Waals surface area contributed by atoms with Gasteiger partial charge in [-0.25, -0.2) is 0 Å². The Balaban J connectivity index is 2.64. The van der Waals surface area contributed by atoms with Crippen LogP contribution in [-0.4, -0.2) is 36.7 Å². The predicted octanol–water partition coefficient (Wildman–Crippen LogP) is 1.88. The Kier molecular flexibility index (Phi) is 7.25. The van der Waals surface area contributed by atoms with Crippen molar-refractivity contribution in [1.29, 1.82) is 0 Å². The van der Waals surface area contributed by atoms with Gasteiger partial charge in [-0.15, -0.1) is 0 Å². The Morgan fingerprint density at radius 1 is 1.55 bits per heavy atom. The molecule has 0 saturated heterocycles. The fraction of sp³-hybridized carbons (Fsp3) is 0.500. The SMILES string of the molecule is COc1cc(CNCC(C)CSC)ccc1/C(N)=N/O. The van der Waals surface area contributed by atoms with Gasteiger partial charge in [-0.2, -0.15) is 11.8 Å². The molecule has 0 bridgehead atoms. The van der Waals surface area contributed by atoms with Gasteiger partial charge in [0.1, 0.15) is 5.75 Å². The zero-order valence-corrected chi connectivity index (χ0v) is 13.0. The number of nitrogens with two attached hydrogens (primary N) is 1. The number of methoxy groups -OCH3 is 1. The van der Waals surface area contributed by atoms with Crippen molar-refractivity contribution in [2.75, 3.05) is 25.7 Å². The molecule has 0 aliphatic rings. The van der Waals surface area contributed by atoms with Crippen molar-refractivity contribution < 1.29 is 9.94 Å². The highest BCUT2D eigenvalue weighted by Gasteiger charge is 2.09. The third kappa shape index (κ3) is 4.94. The Hall–Kier alpha value is -1.40. The molecule has 1 rings (SSSR count). The van der Waals surface area contributed by atoms with Crippen molar-refractivity contribution in [2.24, 2.45) is 16.8 Å². The van der Waals surface area contributed by atoms with Crippen LogP contribution in [-0.2, 0) is 6.54 Å². The zero-order chi connectivity index (χ0) is 15.0. The van der Waals surface area contributed by atoms with Crippen LogP contribution < -0.4 is 15.8 Å². The Morgan fingerprint density at radius 2 is 2.30 bits per heavy atom. The van der Waals surface area contributed by atoms with E-state index in [9.17, 15) is 0 Å². The predicted molar refractivity (Wildman–Crippen MR) is 84.8 cm³/mol. The Labute approximate surface area is 124 Å². The lowest BCUT2D eigenvalue weighted by Crippen LogP contribution is -2.22. The first kappa shape index (κ1) is 16.7. The van der Waals surface area contributed by atoms with Crippen LogP contribution in [0.25, 0.3) is 0 Å². The highest BCUT2D eigenvalue weighted by molar-refractivity contribution is 7.98. The summed E-state index contributed by atoms with van der Waals surface area (Å²) in [7, 11) is 1.57. The Bertz CT molecular complexity index is 452. The van der Waals surface area contributed by atoms with Gasteiger partial charge in [0.25, 0.3) is 0 Å². The van der Waals surface area contributed by atoms with Crippen molar-refractivity contribution in [2.45, 2.75) is 13.5 Å². The van der Waals surface area contributed by atoms with Crippen LogP contribution in [0.1, 0.15) is 18.1 Å². The first-order valence-corrected chi connectivity index (χ1v) is 7.86. The second-order valence-corrected chi connectivity index (χ2v) is 5.62. The zero-order valence-electron chi connectivity index (χ0n) is 12.2. The summed E-state index contributed by atoms with van der Waals surface area (Å²) in [4.78, 5) is 0. The van der Waals surface area contributed by atoms with E-state index in [1.807, 2.05) is 23.9 Å². The number of benzene rings is 1. The lowest BCUT2D eigenvalue weighted by molar-refractivity contribution is 0.318. The lowest BCUT2D eigenvalue weighted by Gasteiger charge is -2.13. The summed E-state index contributed by atoms with van der Waals surface area (Å²) in [6.07, 6.45) is 2.12. The maximum atomic E-state index is 8.72. The lowest BCUT2D eigenvalue weighted by atomic mass is 10.1. The molecule has 1 aromatic carbocycles. The topological polar surface area (TPSA) is 79.9 Å². The van der Waals surface area contributed by atoms with Crippen LogP contribution in [0.15, 0.2) is 23.4 Å². The largest absolute Gasteiger partial charge is 0.496 e. The summed E-state index contributed by atoms with van der Waals surface area (Å²) in [5.41, 5.74) is 7.29. The molecule has 6 heteroatoms. The summed E-state index contributed by atoms with van der Waals surface area (Å²) in [5.74, 6) is 2.45. The van der Waals surface area contributed by atoms with Gasteiger partial charge < -0.3 is 21.0 Å². The Morgan fingerprint density at radius 3 is 2.90 bits per heavy atom. The summed E-state index contributed by atoms with van der Waals surface area (Å²) < 4.78 is 5.27. The number of oxime groups is 1. The van der Waals surface area contributed by atoms with Gasteiger partial charge >= 0.3 is 0 Å². The quantitative estimate of drug-likeness (QED) is 0.295. The van der Waals surface area contributed by atoms with Crippen molar-refractivity contribution in [3.63, 3.8) is 0 Å². The van der Waals surface area contributed by atoms with E-state index in [1.54, 1.807) is 13.2 Å². The van der Waals surface area contributed by atoms with Crippen molar-refractivity contribution in [1.82, 2.24) is 5.32 Å². The molecule has 20 heavy (non-hydrogen) atoms. The fourth-order valence-electron chi connectivity index (χ4n) is 1.92. The molecule has 1 atom stereocenters. The maximum Gasteiger partial charge on any atom is 0.173 e. The summed E-state index contributed by atoms with van der Waals surface area (Å²) in [5, 5.41) is 15.1. The molecule has 1 aromatic rings. The van der Waals surface area contributed by atoms with Crippen LogP contribution in [0.4, 0.5) is 0 Å². The third-order valence-electron chi connectivity index (χ3n) is 2.92. The smallest absolute Gasteiger partial charge is 0.173 e. The molecule has 0 fully saturated rings. The summed E-state index contributed by atoms with van der Waals surface area (Å²) in [6.45, 7) is 3.97. The van der Waals surface area contributed by atoms with E-state index in [0.717, 1.165) is 24.4 Å². The van der Waals surface area contributed by atoms with Gasteiger partial charge in [-0.05, 0) is 42.2 Å². The van der Waals surface area contributed by atoms with Gasteiger partial charge in [0.2, 0.25) is 0 Å². The van der Waals surface area contributed by atoms with E-state index >= 15 is 0 Å². The fourth-order valence-corrected chi connectivity index (χ4v) is 2.60. The normalized spacial score (nSPS) is 13.2. The molecule has 5 nitrogen and oxygen atoms in total. The van der Waals surface area contributed by atoms with Gasteiger partial charge in [-0.3, -0.25) is 0 Å². The molecule has 0 aliphatic carbocycles. The van der Waals surface area contributed by atoms with Gasteiger partial charge in [-0.1, -0.05) is 18.1 Å². The minimum atomic E-state index is 0.0509. The van der Waals surface area contributed by atoms with Crippen LogP contribution in [0.3, 0.4) is 0 Å². The highest BCUT2D eigenvalue weighted by Crippen LogP contribution is 2.20. The van der Waals surface area contributed by atoms with E-state index in [0.29, 0.717) is 17.2 Å². The van der Waals surface area contributed by atoms with Crippen molar-refractivity contribution in [3.8, 4) is 5.75 Å². The maximum absolute atomic E-state index is 8.72. The average Bonchev–Trinajstić information content (AvgIpc) is 2.46. The molecule has 0 saturated carbocycles. The molecule has 4 N–H and O–H groups in total. The highest BCUT2D eigenvalue weighted by atomic mass is 32.2. The minimum Gasteiger partial charge on any atom is -0.496 e. The number of hydrogen-bond donors (Lipinski definition) is 3. The number of hydrogen-bond acceptors (Lipinski definition) is 5. The average molecular weight is 297 g/mol. The van der Waals surface area contributed by atoms with Crippen LogP contribution in [0, 0.1) is 5.92 Å². The molecular weight excluding hydrogens is 274 g/mol. The molecule has 1 unspecified atom stereocenters. The van der Waals surface area contributed by atoms with Gasteiger partial charge in [0.15, 0.2) is 5.84 Å².